The number of ether oxygens (including phenoxy) is 4. The molecule has 0 radical (unpaired) electrons. The normalized spacial score (nSPS) is 12.1. The highest BCUT2D eigenvalue weighted by atomic mass is 32.1. The van der Waals surface area contributed by atoms with Crippen molar-refractivity contribution >= 4 is 23.1 Å². The number of thiocarbonyl (C=S) groups is 1. The van der Waals surface area contributed by atoms with Gasteiger partial charge in [-0.2, -0.15) is 0 Å². The first-order chi connectivity index (χ1) is 13.0. The van der Waals surface area contributed by atoms with E-state index >= 15 is 0 Å². The first-order valence-corrected chi connectivity index (χ1v) is 10.8. The lowest BCUT2D eigenvalue weighted by molar-refractivity contribution is -0.118. The lowest BCUT2D eigenvalue weighted by Gasteiger charge is -2.13. The Hall–Kier alpha value is -0.560. The van der Waals surface area contributed by atoms with Gasteiger partial charge in [0.2, 0.25) is 0 Å². The van der Waals surface area contributed by atoms with Gasteiger partial charge < -0.3 is 18.9 Å². The molecule has 0 N–H and O–H groups in total. The van der Waals surface area contributed by atoms with E-state index in [-0.39, 0.29) is 11.9 Å². The van der Waals surface area contributed by atoms with Gasteiger partial charge in [-0.05, 0) is 38.9 Å². The van der Waals surface area contributed by atoms with Gasteiger partial charge >= 0.3 is 0 Å². The standard InChI is InChI=1S/C21H40O5S/c1-19(22)12-14-23-15-16-24-17-18-25-20(2)11-9-7-5-4-6-8-10-13-26-21(3)27/h20H,4-18H2,1-3H3. The van der Waals surface area contributed by atoms with Crippen LogP contribution in [0.5, 0.6) is 0 Å². The molecule has 0 fully saturated rings. The van der Waals surface area contributed by atoms with Crippen LogP contribution in [-0.2, 0) is 23.7 Å². The molecule has 0 amide bonds. The van der Waals surface area contributed by atoms with Crippen molar-refractivity contribution in [1.82, 2.24) is 0 Å². The summed E-state index contributed by atoms with van der Waals surface area (Å²) in [6, 6.07) is 0. The molecule has 0 spiro atoms. The van der Waals surface area contributed by atoms with Crippen molar-refractivity contribution in [2.45, 2.75) is 84.7 Å². The van der Waals surface area contributed by atoms with Gasteiger partial charge in [-0.15, -0.1) is 0 Å². The molecule has 0 aromatic heterocycles. The number of carbonyl (C=O) groups is 1. The van der Waals surface area contributed by atoms with Gasteiger partial charge in [0.05, 0.1) is 45.7 Å². The third-order valence-electron chi connectivity index (χ3n) is 4.16. The van der Waals surface area contributed by atoms with Crippen LogP contribution in [0, 0.1) is 0 Å². The molecule has 0 rings (SSSR count). The minimum absolute atomic E-state index is 0.154. The summed E-state index contributed by atoms with van der Waals surface area (Å²) in [7, 11) is 0. The number of carbonyl (C=O) groups excluding carboxylic acids is 1. The maximum absolute atomic E-state index is 10.7. The number of hydrogen-bond donors (Lipinski definition) is 0. The Balaban J connectivity index is 3.18. The van der Waals surface area contributed by atoms with Gasteiger partial charge in [-0.1, -0.05) is 38.5 Å². The zero-order chi connectivity index (χ0) is 20.2. The van der Waals surface area contributed by atoms with E-state index in [9.17, 15) is 4.79 Å². The molecule has 1 atom stereocenters. The monoisotopic (exact) mass is 404 g/mol. The van der Waals surface area contributed by atoms with Gasteiger partial charge in [0.1, 0.15) is 5.78 Å². The van der Waals surface area contributed by atoms with E-state index in [1.54, 1.807) is 6.92 Å². The van der Waals surface area contributed by atoms with Crippen molar-refractivity contribution in [1.29, 1.82) is 0 Å². The van der Waals surface area contributed by atoms with E-state index < -0.39 is 0 Å². The van der Waals surface area contributed by atoms with Gasteiger partial charge in [0.25, 0.3) is 0 Å². The number of rotatable bonds is 20. The summed E-state index contributed by atoms with van der Waals surface area (Å²) in [5.41, 5.74) is 0. The van der Waals surface area contributed by atoms with Crippen molar-refractivity contribution in [3.63, 3.8) is 0 Å². The Morgan fingerprint density at radius 2 is 1.33 bits per heavy atom. The molecule has 0 saturated heterocycles. The number of ketones is 1. The predicted octanol–water partition coefficient (Wildman–Crippen LogP) is 4.89. The van der Waals surface area contributed by atoms with Crippen LogP contribution < -0.4 is 0 Å². The molecule has 0 heterocycles. The van der Waals surface area contributed by atoms with Crippen molar-refractivity contribution in [3.8, 4) is 0 Å². The van der Waals surface area contributed by atoms with E-state index in [4.69, 9.17) is 31.2 Å². The molecule has 0 aromatic carbocycles. The molecule has 5 nitrogen and oxygen atoms in total. The summed E-state index contributed by atoms with van der Waals surface area (Å²) in [5, 5.41) is 0.646. The van der Waals surface area contributed by atoms with Crippen molar-refractivity contribution in [2.75, 3.05) is 39.6 Å². The molecular weight excluding hydrogens is 364 g/mol. The van der Waals surface area contributed by atoms with Crippen molar-refractivity contribution in [3.05, 3.63) is 0 Å². The maximum Gasteiger partial charge on any atom is 0.156 e. The van der Waals surface area contributed by atoms with Gasteiger partial charge in [0.15, 0.2) is 5.05 Å². The summed E-state index contributed by atoms with van der Waals surface area (Å²) >= 11 is 4.88. The summed E-state index contributed by atoms with van der Waals surface area (Å²) in [4.78, 5) is 10.7. The number of unbranched alkanes of at least 4 members (excludes halogenated alkanes) is 6. The van der Waals surface area contributed by atoms with Crippen LogP contribution in [0.25, 0.3) is 0 Å². The van der Waals surface area contributed by atoms with E-state index in [0.29, 0.717) is 44.5 Å². The SMILES string of the molecule is CC(=O)CCOCCOCCOC(C)CCCCCCCCCOC(C)=S. The van der Waals surface area contributed by atoms with Crippen LogP contribution in [0.1, 0.15) is 78.6 Å². The van der Waals surface area contributed by atoms with Crippen LogP contribution in [0.4, 0.5) is 0 Å². The number of hydrogen-bond acceptors (Lipinski definition) is 6. The summed E-state index contributed by atoms with van der Waals surface area (Å²) in [6.45, 7) is 9.06. The van der Waals surface area contributed by atoms with E-state index in [1.165, 1.54) is 38.5 Å². The number of Topliss-reactive ketones (excluding diaryl/α,β-unsaturated/α-hetero) is 1. The van der Waals surface area contributed by atoms with E-state index in [1.807, 2.05) is 6.92 Å². The Bertz CT molecular complexity index is 362. The second kappa shape index (κ2) is 20.2. The molecule has 27 heavy (non-hydrogen) atoms. The van der Waals surface area contributed by atoms with Crippen LogP contribution in [0.2, 0.25) is 0 Å². The highest BCUT2D eigenvalue weighted by molar-refractivity contribution is 7.80. The second-order valence-corrected chi connectivity index (χ2v) is 7.54. The fourth-order valence-electron chi connectivity index (χ4n) is 2.56. The van der Waals surface area contributed by atoms with Crippen LogP contribution in [0.3, 0.4) is 0 Å². The Morgan fingerprint density at radius 1 is 0.778 bits per heavy atom. The smallest absolute Gasteiger partial charge is 0.156 e. The Kier molecular flexibility index (Phi) is 19.8. The minimum Gasteiger partial charge on any atom is -0.487 e. The minimum atomic E-state index is 0.154. The quantitative estimate of drug-likeness (QED) is 0.213. The topological polar surface area (TPSA) is 54.0 Å². The van der Waals surface area contributed by atoms with Gasteiger partial charge in [-0.25, -0.2) is 0 Å². The van der Waals surface area contributed by atoms with E-state index in [0.717, 1.165) is 19.4 Å². The lowest BCUT2D eigenvalue weighted by atomic mass is 10.1. The molecular formula is C21H40O5S. The fraction of sp³-hybridized carbons (Fsp3) is 0.905. The van der Waals surface area contributed by atoms with Gasteiger partial charge in [0, 0.05) is 13.3 Å². The highest BCUT2D eigenvalue weighted by Gasteiger charge is 2.02. The van der Waals surface area contributed by atoms with E-state index in [2.05, 4.69) is 6.92 Å². The molecule has 1 unspecified atom stereocenters. The van der Waals surface area contributed by atoms with Crippen LogP contribution in [-0.4, -0.2) is 56.6 Å². The zero-order valence-electron chi connectivity index (χ0n) is 17.6. The first kappa shape index (κ1) is 26.4. The summed E-state index contributed by atoms with van der Waals surface area (Å²) < 4.78 is 21.8. The maximum atomic E-state index is 10.7. The van der Waals surface area contributed by atoms with Crippen LogP contribution >= 0.6 is 12.2 Å². The first-order valence-electron chi connectivity index (χ1n) is 10.4. The van der Waals surface area contributed by atoms with Crippen LogP contribution in [0.15, 0.2) is 0 Å². The lowest BCUT2D eigenvalue weighted by Crippen LogP contribution is -2.15. The fourth-order valence-corrected chi connectivity index (χ4v) is 2.65. The molecule has 0 bridgehead atoms. The Morgan fingerprint density at radius 3 is 1.96 bits per heavy atom. The Labute approximate surface area is 171 Å². The summed E-state index contributed by atoms with van der Waals surface area (Å²) in [6.07, 6.45) is 10.6. The van der Waals surface area contributed by atoms with Crippen molar-refractivity contribution < 1.29 is 23.7 Å². The molecule has 0 saturated carbocycles. The van der Waals surface area contributed by atoms with Crippen molar-refractivity contribution in [2.24, 2.45) is 0 Å². The molecule has 0 aromatic rings. The predicted molar refractivity (Wildman–Crippen MR) is 114 cm³/mol. The third-order valence-corrected chi connectivity index (χ3v) is 4.28. The largest absolute Gasteiger partial charge is 0.487 e. The summed E-state index contributed by atoms with van der Waals surface area (Å²) in [5.74, 6) is 0.154. The molecule has 0 aliphatic carbocycles. The third kappa shape index (κ3) is 23.4. The average Bonchev–Trinajstić information content (AvgIpc) is 2.61. The molecule has 0 aliphatic rings. The molecule has 0 aliphatic heterocycles. The molecule has 160 valence electrons. The van der Waals surface area contributed by atoms with Gasteiger partial charge in [-0.3, -0.25) is 4.79 Å². The average molecular weight is 405 g/mol. The highest BCUT2D eigenvalue weighted by Crippen LogP contribution is 2.11. The molecule has 6 heteroatoms. The zero-order valence-corrected chi connectivity index (χ0v) is 18.4. The second-order valence-electron chi connectivity index (χ2n) is 6.96.